The summed E-state index contributed by atoms with van der Waals surface area (Å²) < 4.78 is 10.9. The Hall–Kier alpha value is -0.420. The molecule has 0 saturated heterocycles. The van der Waals surface area contributed by atoms with Gasteiger partial charge in [-0.2, -0.15) is 0 Å². The SMILES string of the molecule is CO[C@@H]1OCC2=C1C[C@](C)(O)[C@H]1CC(C)(C)C[C@H]1[C@@H]2O. The maximum atomic E-state index is 11.0. The Morgan fingerprint density at radius 3 is 2.55 bits per heavy atom. The predicted molar refractivity (Wildman–Crippen MR) is 75.0 cm³/mol. The van der Waals surface area contributed by atoms with Crippen molar-refractivity contribution in [1.29, 1.82) is 0 Å². The van der Waals surface area contributed by atoms with Crippen LogP contribution in [0.4, 0.5) is 0 Å². The number of hydrogen-bond donors (Lipinski definition) is 2. The molecule has 1 aliphatic heterocycles. The van der Waals surface area contributed by atoms with E-state index >= 15 is 0 Å². The molecule has 5 atom stereocenters. The number of aliphatic hydroxyl groups excluding tert-OH is 1. The van der Waals surface area contributed by atoms with Crippen LogP contribution < -0.4 is 0 Å². The summed E-state index contributed by atoms with van der Waals surface area (Å²) in [6.07, 6.45) is 1.53. The lowest BCUT2D eigenvalue weighted by atomic mass is 9.78. The van der Waals surface area contributed by atoms with Gasteiger partial charge in [0.15, 0.2) is 6.29 Å². The normalized spacial score (nSPS) is 47.1. The van der Waals surface area contributed by atoms with Crippen LogP contribution >= 0.6 is 0 Å². The zero-order valence-corrected chi connectivity index (χ0v) is 12.8. The summed E-state index contributed by atoms with van der Waals surface area (Å²) in [6.45, 7) is 6.78. The van der Waals surface area contributed by atoms with Crippen molar-refractivity contribution >= 4 is 0 Å². The van der Waals surface area contributed by atoms with E-state index in [0.29, 0.717) is 13.0 Å². The Morgan fingerprint density at radius 1 is 1.20 bits per heavy atom. The Morgan fingerprint density at radius 2 is 1.90 bits per heavy atom. The van der Waals surface area contributed by atoms with Crippen LogP contribution in [-0.2, 0) is 9.47 Å². The van der Waals surface area contributed by atoms with Crippen LogP contribution in [0.15, 0.2) is 11.1 Å². The number of hydrogen-bond acceptors (Lipinski definition) is 4. The molecule has 2 N–H and O–H groups in total. The Labute approximate surface area is 120 Å². The second kappa shape index (κ2) is 4.54. The molecule has 4 heteroatoms. The highest BCUT2D eigenvalue weighted by atomic mass is 16.7. The molecule has 3 rings (SSSR count). The highest BCUT2D eigenvalue weighted by Crippen LogP contribution is 2.55. The lowest BCUT2D eigenvalue weighted by Crippen LogP contribution is -2.40. The molecule has 20 heavy (non-hydrogen) atoms. The fourth-order valence-electron chi connectivity index (χ4n) is 4.59. The molecule has 1 fully saturated rings. The monoisotopic (exact) mass is 282 g/mol. The fraction of sp³-hybridized carbons (Fsp3) is 0.875. The van der Waals surface area contributed by atoms with Crippen molar-refractivity contribution in [3.05, 3.63) is 11.1 Å². The van der Waals surface area contributed by atoms with E-state index in [0.717, 1.165) is 24.0 Å². The summed E-state index contributed by atoms with van der Waals surface area (Å²) in [5, 5.41) is 21.8. The van der Waals surface area contributed by atoms with Crippen molar-refractivity contribution in [2.45, 2.75) is 58.0 Å². The summed E-state index contributed by atoms with van der Waals surface area (Å²) in [7, 11) is 1.61. The third-order valence-electron chi connectivity index (χ3n) is 5.49. The lowest BCUT2D eigenvalue weighted by molar-refractivity contribution is -0.0930. The van der Waals surface area contributed by atoms with Gasteiger partial charge in [-0.3, -0.25) is 0 Å². The molecule has 1 heterocycles. The first-order valence-corrected chi connectivity index (χ1v) is 7.52. The summed E-state index contributed by atoms with van der Waals surface area (Å²) in [4.78, 5) is 0. The number of methoxy groups -OCH3 is 1. The third kappa shape index (κ3) is 2.13. The lowest BCUT2D eigenvalue weighted by Gasteiger charge is -2.34. The molecular formula is C16H26O4. The molecule has 1 saturated carbocycles. The fourth-order valence-corrected chi connectivity index (χ4v) is 4.59. The van der Waals surface area contributed by atoms with Crippen molar-refractivity contribution in [3.8, 4) is 0 Å². The van der Waals surface area contributed by atoms with Crippen LogP contribution in [0.25, 0.3) is 0 Å². The van der Waals surface area contributed by atoms with E-state index in [2.05, 4.69) is 13.8 Å². The molecule has 0 aromatic heterocycles. The molecule has 0 amide bonds. The van der Waals surface area contributed by atoms with Crippen LogP contribution in [0.1, 0.15) is 40.0 Å². The van der Waals surface area contributed by atoms with Gasteiger partial charge in [-0.05, 0) is 48.2 Å². The minimum atomic E-state index is -0.805. The van der Waals surface area contributed by atoms with Gasteiger partial charge in [-0.1, -0.05) is 13.8 Å². The molecule has 0 aromatic rings. The Balaban J connectivity index is 2.00. The molecule has 0 spiro atoms. The first kappa shape index (κ1) is 14.5. The smallest absolute Gasteiger partial charge is 0.180 e. The number of aliphatic hydroxyl groups is 2. The molecular weight excluding hydrogens is 256 g/mol. The Bertz CT molecular complexity index is 438. The van der Waals surface area contributed by atoms with E-state index in [-0.39, 0.29) is 17.3 Å². The summed E-state index contributed by atoms with van der Waals surface area (Å²) in [5.41, 5.74) is 1.28. The summed E-state index contributed by atoms with van der Waals surface area (Å²) in [5.74, 6) is 0.252. The van der Waals surface area contributed by atoms with Crippen molar-refractivity contribution in [2.24, 2.45) is 17.3 Å². The van der Waals surface area contributed by atoms with E-state index in [9.17, 15) is 10.2 Å². The average Bonchev–Trinajstić information content (AvgIpc) is 2.87. The molecule has 2 aliphatic carbocycles. The maximum Gasteiger partial charge on any atom is 0.180 e. The van der Waals surface area contributed by atoms with Crippen molar-refractivity contribution in [1.82, 2.24) is 0 Å². The minimum Gasteiger partial charge on any atom is -0.390 e. The maximum absolute atomic E-state index is 11.0. The number of fused-ring (bicyclic) bond motifs is 1. The van der Waals surface area contributed by atoms with Crippen molar-refractivity contribution in [3.63, 3.8) is 0 Å². The van der Waals surface area contributed by atoms with Gasteiger partial charge >= 0.3 is 0 Å². The first-order chi connectivity index (χ1) is 9.25. The summed E-state index contributed by atoms with van der Waals surface area (Å²) in [6, 6.07) is 0. The van der Waals surface area contributed by atoms with Crippen LogP contribution in [0.5, 0.6) is 0 Å². The van der Waals surface area contributed by atoms with Gasteiger partial charge in [0, 0.05) is 13.5 Å². The van der Waals surface area contributed by atoms with Gasteiger partial charge in [0.25, 0.3) is 0 Å². The van der Waals surface area contributed by atoms with Gasteiger partial charge < -0.3 is 19.7 Å². The largest absolute Gasteiger partial charge is 0.390 e. The second-order valence-corrected chi connectivity index (χ2v) is 7.75. The van der Waals surface area contributed by atoms with E-state index in [1.54, 1.807) is 7.11 Å². The highest BCUT2D eigenvalue weighted by Gasteiger charge is 2.54. The van der Waals surface area contributed by atoms with E-state index < -0.39 is 18.0 Å². The quantitative estimate of drug-likeness (QED) is 0.721. The zero-order valence-electron chi connectivity index (χ0n) is 12.8. The molecule has 0 bridgehead atoms. The molecule has 0 aromatic carbocycles. The average molecular weight is 282 g/mol. The van der Waals surface area contributed by atoms with Gasteiger partial charge in [0.05, 0.1) is 18.3 Å². The van der Waals surface area contributed by atoms with Gasteiger partial charge in [-0.15, -0.1) is 0 Å². The second-order valence-electron chi connectivity index (χ2n) is 7.75. The number of ether oxygens (including phenoxy) is 2. The van der Waals surface area contributed by atoms with E-state index in [4.69, 9.17) is 9.47 Å². The van der Waals surface area contributed by atoms with Crippen LogP contribution in [0, 0.1) is 17.3 Å². The molecule has 4 nitrogen and oxygen atoms in total. The molecule has 0 radical (unpaired) electrons. The molecule has 114 valence electrons. The predicted octanol–water partition coefficient (Wildman–Crippen LogP) is 1.85. The topological polar surface area (TPSA) is 58.9 Å². The number of rotatable bonds is 1. The van der Waals surface area contributed by atoms with Gasteiger partial charge in [0.2, 0.25) is 0 Å². The van der Waals surface area contributed by atoms with Crippen LogP contribution in [0.3, 0.4) is 0 Å². The molecule has 0 unspecified atom stereocenters. The Kier molecular flexibility index (Phi) is 3.29. The minimum absolute atomic E-state index is 0.117. The van der Waals surface area contributed by atoms with Gasteiger partial charge in [0.1, 0.15) is 0 Å². The van der Waals surface area contributed by atoms with Crippen LogP contribution in [-0.4, -0.2) is 41.9 Å². The van der Waals surface area contributed by atoms with E-state index in [1.165, 1.54) is 0 Å². The highest BCUT2D eigenvalue weighted by molar-refractivity contribution is 5.31. The standard InChI is InChI=1S/C16H26O4/c1-15(2)5-10-12(7-15)16(3,18)6-9-11(13(10)17)8-20-14(9)19-4/h10,12-14,17-18H,5-8H2,1-4H3/t10-,12+,13+,14-,16+/m1/s1. The van der Waals surface area contributed by atoms with Crippen molar-refractivity contribution < 1.29 is 19.7 Å². The zero-order chi connectivity index (χ0) is 14.7. The van der Waals surface area contributed by atoms with Crippen LogP contribution in [0.2, 0.25) is 0 Å². The first-order valence-electron chi connectivity index (χ1n) is 7.52. The van der Waals surface area contributed by atoms with Gasteiger partial charge in [-0.25, -0.2) is 0 Å². The van der Waals surface area contributed by atoms with Crippen molar-refractivity contribution in [2.75, 3.05) is 13.7 Å². The molecule has 3 aliphatic rings. The third-order valence-corrected chi connectivity index (χ3v) is 5.49. The van der Waals surface area contributed by atoms with E-state index in [1.807, 2.05) is 6.92 Å². The summed E-state index contributed by atoms with van der Waals surface area (Å²) >= 11 is 0.